The summed E-state index contributed by atoms with van der Waals surface area (Å²) in [6.07, 6.45) is 0.346. The number of nitriles is 1. The number of nitrogens with one attached hydrogen (secondary N) is 2. The zero-order valence-corrected chi connectivity index (χ0v) is 13.3. The summed E-state index contributed by atoms with van der Waals surface area (Å²) in [5.74, 6) is -0.0967. The van der Waals surface area contributed by atoms with E-state index in [-0.39, 0.29) is 17.2 Å². The minimum Gasteiger partial charge on any atom is -0.497 e. The molecule has 0 saturated carbocycles. The highest BCUT2D eigenvalue weighted by Gasteiger charge is 2.29. The highest BCUT2D eigenvalue weighted by molar-refractivity contribution is 7.91. The SMILES string of the molecule is COc1ccc(NN=C(C#N)C(=O)NC2CCS(=O)(=O)C2)cc1. The molecule has 0 spiro atoms. The van der Waals surface area contributed by atoms with Gasteiger partial charge >= 0.3 is 0 Å². The van der Waals surface area contributed by atoms with Crippen molar-refractivity contribution in [2.45, 2.75) is 12.5 Å². The maximum atomic E-state index is 11.9. The van der Waals surface area contributed by atoms with E-state index in [4.69, 9.17) is 10.00 Å². The van der Waals surface area contributed by atoms with Gasteiger partial charge in [-0.25, -0.2) is 8.42 Å². The minimum absolute atomic E-state index is 0.0427. The first-order chi connectivity index (χ1) is 10.9. The molecule has 9 heteroatoms. The third kappa shape index (κ3) is 4.69. The van der Waals surface area contributed by atoms with Crippen molar-refractivity contribution in [2.24, 2.45) is 5.10 Å². The normalized spacial score (nSPS) is 19.7. The molecule has 0 radical (unpaired) electrons. The molecule has 1 atom stereocenters. The van der Waals surface area contributed by atoms with Crippen LogP contribution in [0.3, 0.4) is 0 Å². The van der Waals surface area contributed by atoms with E-state index in [1.165, 1.54) is 0 Å². The van der Waals surface area contributed by atoms with Gasteiger partial charge in [0.1, 0.15) is 11.8 Å². The summed E-state index contributed by atoms with van der Waals surface area (Å²) in [5.41, 5.74) is 2.81. The van der Waals surface area contributed by atoms with Crippen molar-refractivity contribution < 1.29 is 17.9 Å². The lowest BCUT2D eigenvalue weighted by Gasteiger charge is -2.09. The van der Waals surface area contributed by atoms with Crippen LogP contribution in [0.5, 0.6) is 5.75 Å². The quantitative estimate of drug-likeness (QED) is 0.589. The van der Waals surface area contributed by atoms with Gasteiger partial charge in [0.15, 0.2) is 9.84 Å². The van der Waals surface area contributed by atoms with Crippen molar-refractivity contribution >= 4 is 27.1 Å². The Morgan fingerprint density at radius 3 is 2.61 bits per heavy atom. The Morgan fingerprint density at radius 1 is 1.39 bits per heavy atom. The number of methoxy groups -OCH3 is 1. The van der Waals surface area contributed by atoms with Crippen molar-refractivity contribution in [2.75, 3.05) is 24.0 Å². The molecule has 1 unspecified atom stereocenters. The van der Waals surface area contributed by atoms with Crippen LogP contribution in [0, 0.1) is 11.3 Å². The number of hydrogen-bond acceptors (Lipinski definition) is 7. The predicted octanol–water partition coefficient (Wildman–Crippen LogP) is 0.290. The summed E-state index contributed by atoms with van der Waals surface area (Å²) in [6.45, 7) is 0. The van der Waals surface area contributed by atoms with Crippen LogP contribution in [-0.2, 0) is 14.6 Å². The second-order valence-electron chi connectivity index (χ2n) is 4.99. The number of rotatable bonds is 5. The van der Waals surface area contributed by atoms with Crippen LogP contribution < -0.4 is 15.5 Å². The summed E-state index contributed by atoms with van der Waals surface area (Å²) in [6, 6.07) is 7.97. The zero-order valence-electron chi connectivity index (χ0n) is 12.4. The van der Waals surface area contributed by atoms with E-state index in [0.29, 0.717) is 17.9 Å². The number of carbonyl (C=O) groups is 1. The maximum absolute atomic E-state index is 11.9. The van der Waals surface area contributed by atoms with E-state index in [1.54, 1.807) is 37.4 Å². The molecule has 2 rings (SSSR count). The number of nitrogens with zero attached hydrogens (tertiary/aromatic N) is 2. The molecule has 23 heavy (non-hydrogen) atoms. The van der Waals surface area contributed by atoms with Gasteiger partial charge in [0.25, 0.3) is 5.91 Å². The number of hydrazone groups is 1. The molecule has 8 nitrogen and oxygen atoms in total. The standard InChI is InChI=1S/C14H16N4O4S/c1-22-12-4-2-10(3-5-12)17-18-13(8-15)14(19)16-11-6-7-23(20,21)9-11/h2-5,11,17H,6-7,9H2,1H3,(H,16,19). The molecule has 1 aliphatic heterocycles. The topological polar surface area (TPSA) is 121 Å². The third-order valence-electron chi connectivity index (χ3n) is 3.28. The molecule has 1 heterocycles. The van der Waals surface area contributed by atoms with Gasteiger partial charge in [0.05, 0.1) is 24.3 Å². The van der Waals surface area contributed by atoms with E-state index < -0.39 is 21.8 Å². The first-order valence-corrected chi connectivity index (χ1v) is 8.65. The second-order valence-corrected chi connectivity index (χ2v) is 7.21. The lowest BCUT2D eigenvalue weighted by atomic mass is 10.2. The van der Waals surface area contributed by atoms with E-state index >= 15 is 0 Å². The number of hydrogen-bond donors (Lipinski definition) is 2. The largest absolute Gasteiger partial charge is 0.497 e. The van der Waals surface area contributed by atoms with Crippen LogP contribution in [-0.4, -0.2) is 44.7 Å². The van der Waals surface area contributed by atoms with Crippen molar-refractivity contribution in [3.05, 3.63) is 24.3 Å². The van der Waals surface area contributed by atoms with Gasteiger partial charge < -0.3 is 10.1 Å². The molecule has 0 aromatic heterocycles. The molecule has 0 aliphatic carbocycles. The van der Waals surface area contributed by atoms with Crippen molar-refractivity contribution in [1.82, 2.24) is 5.32 Å². The molecule has 1 amide bonds. The van der Waals surface area contributed by atoms with Gasteiger partial charge in [-0.3, -0.25) is 10.2 Å². The molecule has 1 saturated heterocycles. The summed E-state index contributed by atoms with van der Waals surface area (Å²) in [4.78, 5) is 11.9. The molecule has 0 bridgehead atoms. The monoisotopic (exact) mass is 336 g/mol. The molecular weight excluding hydrogens is 320 g/mol. The van der Waals surface area contributed by atoms with Gasteiger partial charge in [-0.2, -0.15) is 10.4 Å². The zero-order chi connectivity index (χ0) is 16.9. The van der Waals surface area contributed by atoms with Gasteiger partial charge in [0.2, 0.25) is 5.71 Å². The third-order valence-corrected chi connectivity index (χ3v) is 5.04. The summed E-state index contributed by atoms with van der Waals surface area (Å²) >= 11 is 0. The van der Waals surface area contributed by atoms with Crippen LogP contribution in [0.4, 0.5) is 5.69 Å². The van der Waals surface area contributed by atoms with E-state index in [1.807, 2.05) is 0 Å². The number of carbonyl (C=O) groups excluding carboxylic acids is 1. The Kier molecular flexibility index (Phi) is 5.18. The van der Waals surface area contributed by atoms with Gasteiger partial charge in [0, 0.05) is 6.04 Å². The Bertz CT molecular complexity index is 750. The van der Waals surface area contributed by atoms with Crippen LogP contribution in [0.2, 0.25) is 0 Å². The predicted molar refractivity (Wildman–Crippen MR) is 84.9 cm³/mol. The molecule has 2 N–H and O–H groups in total. The van der Waals surface area contributed by atoms with Crippen LogP contribution in [0.25, 0.3) is 0 Å². The Balaban J connectivity index is 1.97. The fourth-order valence-corrected chi connectivity index (χ4v) is 3.75. The number of amides is 1. The summed E-state index contributed by atoms with van der Waals surface area (Å²) < 4.78 is 27.7. The molecule has 122 valence electrons. The van der Waals surface area contributed by atoms with Crippen LogP contribution >= 0.6 is 0 Å². The molecule has 1 aromatic rings. The molecular formula is C14H16N4O4S. The average molecular weight is 336 g/mol. The Morgan fingerprint density at radius 2 is 2.09 bits per heavy atom. The van der Waals surface area contributed by atoms with E-state index in [0.717, 1.165) is 0 Å². The van der Waals surface area contributed by atoms with E-state index in [2.05, 4.69) is 15.8 Å². The molecule has 1 aromatic carbocycles. The van der Waals surface area contributed by atoms with E-state index in [9.17, 15) is 13.2 Å². The van der Waals surface area contributed by atoms with Gasteiger partial charge in [-0.15, -0.1) is 0 Å². The summed E-state index contributed by atoms with van der Waals surface area (Å²) in [7, 11) is -1.56. The van der Waals surface area contributed by atoms with Crippen molar-refractivity contribution in [3.8, 4) is 11.8 Å². The lowest BCUT2D eigenvalue weighted by Crippen LogP contribution is -2.39. The molecule has 1 fully saturated rings. The fourth-order valence-electron chi connectivity index (χ4n) is 2.08. The maximum Gasteiger partial charge on any atom is 0.282 e. The first kappa shape index (κ1) is 16.8. The first-order valence-electron chi connectivity index (χ1n) is 6.82. The Hall–Kier alpha value is -2.60. The van der Waals surface area contributed by atoms with Crippen molar-refractivity contribution in [3.63, 3.8) is 0 Å². The second kappa shape index (κ2) is 7.11. The fraction of sp³-hybridized carbons (Fsp3) is 0.357. The Labute approximate surface area is 134 Å². The lowest BCUT2D eigenvalue weighted by molar-refractivity contribution is -0.115. The molecule has 1 aliphatic rings. The number of sulfone groups is 1. The number of anilines is 1. The highest BCUT2D eigenvalue weighted by atomic mass is 32.2. The van der Waals surface area contributed by atoms with Gasteiger partial charge in [-0.1, -0.05) is 0 Å². The number of benzene rings is 1. The smallest absolute Gasteiger partial charge is 0.282 e. The summed E-state index contributed by atoms with van der Waals surface area (Å²) in [5, 5.41) is 15.3. The van der Waals surface area contributed by atoms with Crippen molar-refractivity contribution in [1.29, 1.82) is 5.26 Å². The minimum atomic E-state index is -3.10. The van der Waals surface area contributed by atoms with Crippen LogP contribution in [0.15, 0.2) is 29.4 Å². The van der Waals surface area contributed by atoms with Gasteiger partial charge in [-0.05, 0) is 30.7 Å². The highest BCUT2D eigenvalue weighted by Crippen LogP contribution is 2.15. The number of ether oxygens (including phenoxy) is 1. The average Bonchev–Trinajstić information content (AvgIpc) is 2.87. The van der Waals surface area contributed by atoms with Crippen LogP contribution in [0.1, 0.15) is 6.42 Å².